The lowest BCUT2D eigenvalue weighted by Gasteiger charge is -2.03. The Hall–Kier alpha value is -0.960. The van der Waals surface area contributed by atoms with Crippen LogP contribution in [-0.4, -0.2) is 12.6 Å². The lowest BCUT2D eigenvalue weighted by atomic mass is 10.1. The number of benzene rings is 1. The van der Waals surface area contributed by atoms with Crippen LogP contribution in [0.2, 0.25) is 0 Å². The average molecular weight is 197 g/mol. The first-order valence-corrected chi connectivity index (χ1v) is 4.92. The molecule has 1 aromatic carbocycles. The van der Waals surface area contributed by atoms with Gasteiger partial charge in [-0.3, -0.25) is 0 Å². The molecule has 0 aliphatic heterocycles. The molecule has 0 unspecified atom stereocenters. The highest BCUT2D eigenvalue weighted by atomic mass is 19.1. The standard InChI is InChI=1S/C11H13F2N/c12-9-5-8(6-10(13)7-9)3-4-14-11-1-2-11/h5-7,11,14H,1-4H2. The first-order chi connectivity index (χ1) is 6.74. The van der Waals surface area contributed by atoms with Crippen LogP contribution < -0.4 is 5.32 Å². The molecule has 1 N–H and O–H groups in total. The Morgan fingerprint density at radius 3 is 2.36 bits per heavy atom. The molecule has 1 nitrogen and oxygen atoms in total. The van der Waals surface area contributed by atoms with E-state index < -0.39 is 11.6 Å². The quantitative estimate of drug-likeness (QED) is 0.780. The maximum absolute atomic E-state index is 12.8. The van der Waals surface area contributed by atoms with Crippen molar-refractivity contribution in [2.45, 2.75) is 25.3 Å². The highest BCUT2D eigenvalue weighted by molar-refractivity contribution is 5.18. The van der Waals surface area contributed by atoms with Crippen molar-refractivity contribution in [2.75, 3.05) is 6.54 Å². The zero-order valence-corrected chi connectivity index (χ0v) is 7.89. The van der Waals surface area contributed by atoms with E-state index in [-0.39, 0.29) is 0 Å². The molecular formula is C11H13F2N. The predicted octanol–water partition coefficient (Wildman–Crippen LogP) is 2.26. The van der Waals surface area contributed by atoms with E-state index in [1.807, 2.05) is 0 Å². The van der Waals surface area contributed by atoms with Crippen molar-refractivity contribution >= 4 is 0 Å². The number of hydrogen-bond acceptors (Lipinski definition) is 1. The Balaban J connectivity index is 1.87. The summed E-state index contributed by atoms with van der Waals surface area (Å²) in [7, 11) is 0. The van der Waals surface area contributed by atoms with E-state index in [1.54, 1.807) is 0 Å². The van der Waals surface area contributed by atoms with Crippen LogP contribution in [0.5, 0.6) is 0 Å². The molecule has 2 rings (SSSR count). The van der Waals surface area contributed by atoms with E-state index in [4.69, 9.17) is 0 Å². The Morgan fingerprint density at radius 2 is 1.79 bits per heavy atom. The zero-order chi connectivity index (χ0) is 9.97. The summed E-state index contributed by atoms with van der Waals surface area (Å²) in [5.74, 6) is -0.988. The third-order valence-corrected chi connectivity index (χ3v) is 2.35. The number of hydrogen-bond donors (Lipinski definition) is 1. The van der Waals surface area contributed by atoms with E-state index in [9.17, 15) is 8.78 Å². The van der Waals surface area contributed by atoms with Gasteiger partial charge < -0.3 is 5.32 Å². The monoisotopic (exact) mass is 197 g/mol. The molecule has 0 amide bonds. The third kappa shape index (κ3) is 2.77. The predicted molar refractivity (Wildman–Crippen MR) is 51.1 cm³/mol. The Morgan fingerprint density at radius 1 is 1.14 bits per heavy atom. The largest absolute Gasteiger partial charge is 0.314 e. The second-order valence-corrected chi connectivity index (χ2v) is 3.76. The minimum absolute atomic E-state index is 0.494. The van der Waals surface area contributed by atoms with Crippen LogP contribution in [0.25, 0.3) is 0 Å². The molecule has 14 heavy (non-hydrogen) atoms. The zero-order valence-electron chi connectivity index (χ0n) is 7.89. The van der Waals surface area contributed by atoms with Crippen molar-refractivity contribution in [3.63, 3.8) is 0 Å². The molecule has 0 bridgehead atoms. The summed E-state index contributed by atoms with van der Waals surface area (Å²) in [5, 5.41) is 3.30. The Kier molecular flexibility index (Phi) is 2.77. The van der Waals surface area contributed by atoms with Gasteiger partial charge in [-0.15, -0.1) is 0 Å². The summed E-state index contributed by atoms with van der Waals surface area (Å²) in [5.41, 5.74) is 0.718. The average Bonchev–Trinajstić information content (AvgIpc) is 2.86. The molecular weight excluding hydrogens is 184 g/mol. The van der Waals surface area contributed by atoms with Crippen LogP contribution in [0.3, 0.4) is 0 Å². The van der Waals surface area contributed by atoms with Crippen LogP contribution in [0.15, 0.2) is 18.2 Å². The molecule has 0 saturated heterocycles. The van der Waals surface area contributed by atoms with Crippen molar-refractivity contribution in [1.29, 1.82) is 0 Å². The van der Waals surface area contributed by atoms with Gasteiger partial charge in [-0.1, -0.05) is 0 Å². The molecule has 0 heterocycles. The minimum Gasteiger partial charge on any atom is -0.314 e. The van der Waals surface area contributed by atoms with Crippen molar-refractivity contribution in [2.24, 2.45) is 0 Å². The van der Waals surface area contributed by atoms with Gasteiger partial charge in [0, 0.05) is 12.1 Å². The van der Waals surface area contributed by atoms with E-state index in [0.29, 0.717) is 12.5 Å². The molecule has 0 radical (unpaired) electrons. The fourth-order valence-corrected chi connectivity index (χ4v) is 1.46. The second kappa shape index (κ2) is 4.05. The van der Waals surface area contributed by atoms with E-state index in [1.165, 1.54) is 25.0 Å². The maximum Gasteiger partial charge on any atom is 0.126 e. The summed E-state index contributed by atoms with van der Waals surface area (Å²) >= 11 is 0. The maximum atomic E-state index is 12.8. The summed E-state index contributed by atoms with van der Waals surface area (Å²) in [4.78, 5) is 0. The molecule has 0 atom stereocenters. The number of halogens is 2. The molecule has 1 fully saturated rings. The topological polar surface area (TPSA) is 12.0 Å². The summed E-state index contributed by atoms with van der Waals surface area (Å²) in [6, 6.07) is 4.32. The fourth-order valence-electron chi connectivity index (χ4n) is 1.46. The highest BCUT2D eigenvalue weighted by Crippen LogP contribution is 2.18. The van der Waals surface area contributed by atoms with Crippen LogP contribution in [0.1, 0.15) is 18.4 Å². The van der Waals surface area contributed by atoms with E-state index in [2.05, 4.69) is 5.32 Å². The van der Waals surface area contributed by atoms with Crippen LogP contribution in [-0.2, 0) is 6.42 Å². The molecule has 1 aliphatic carbocycles. The van der Waals surface area contributed by atoms with Gasteiger partial charge in [-0.05, 0) is 43.5 Å². The fraction of sp³-hybridized carbons (Fsp3) is 0.455. The van der Waals surface area contributed by atoms with Crippen molar-refractivity contribution < 1.29 is 8.78 Å². The van der Waals surface area contributed by atoms with Gasteiger partial charge in [0.15, 0.2) is 0 Å². The molecule has 1 aromatic rings. The van der Waals surface area contributed by atoms with Gasteiger partial charge in [0.2, 0.25) is 0 Å². The molecule has 1 aliphatic rings. The first kappa shape index (κ1) is 9.59. The highest BCUT2D eigenvalue weighted by Gasteiger charge is 2.19. The SMILES string of the molecule is Fc1cc(F)cc(CCNC2CC2)c1. The van der Waals surface area contributed by atoms with Gasteiger partial charge in [-0.25, -0.2) is 8.78 Å². The summed E-state index contributed by atoms with van der Waals surface area (Å²) in [6.45, 7) is 0.799. The lowest BCUT2D eigenvalue weighted by molar-refractivity contribution is 0.577. The van der Waals surface area contributed by atoms with Crippen LogP contribution in [0, 0.1) is 11.6 Å². The number of nitrogens with one attached hydrogen (secondary N) is 1. The van der Waals surface area contributed by atoms with Gasteiger partial charge >= 0.3 is 0 Å². The van der Waals surface area contributed by atoms with Gasteiger partial charge in [0.1, 0.15) is 11.6 Å². The lowest BCUT2D eigenvalue weighted by Crippen LogP contribution is -2.19. The Bertz CT molecular complexity index is 301. The Labute approximate surface area is 82.1 Å². The van der Waals surface area contributed by atoms with E-state index >= 15 is 0 Å². The van der Waals surface area contributed by atoms with Gasteiger partial charge in [0.25, 0.3) is 0 Å². The number of rotatable bonds is 4. The molecule has 0 spiro atoms. The van der Waals surface area contributed by atoms with E-state index in [0.717, 1.165) is 18.2 Å². The third-order valence-electron chi connectivity index (χ3n) is 2.35. The van der Waals surface area contributed by atoms with Crippen LogP contribution >= 0.6 is 0 Å². The van der Waals surface area contributed by atoms with Crippen molar-refractivity contribution in [1.82, 2.24) is 5.32 Å². The molecule has 3 heteroatoms. The molecule has 1 saturated carbocycles. The molecule has 0 aromatic heterocycles. The van der Waals surface area contributed by atoms with Gasteiger partial charge in [0.05, 0.1) is 0 Å². The van der Waals surface area contributed by atoms with Crippen LogP contribution in [0.4, 0.5) is 8.78 Å². The van der Waals surface area contributed by atoms with Crippen molar-refractivity contribution in [3.8, 4) is 0 Å². The second-order valence-electron chi connectivity index (χ2n) is 3.76. The first-order valence-electron chi connectivity index (χ1n) is 4.92. The smallest absolute Gasteiger partial charge is 0.126 e. The summed E-state index contributed by atoms with van der Waals surface area (Å²) in [6.07, 6.45) is 3.15. The van der Waals surface area contributed by atoms with Crippen molar-refractivity contribution in [3.05, 3.63) is 35.4 Å². The minimum atomic E-state index is -0.494. The van der Waals surface area contributed by atoms with Gasteiger partial charge in [-0.2, -0.15) is 0 Å². The summed E-state index contributed by atoms with van der Waals surface area (Å²) < 4.78 is 25.5. The normalized spacial score (nSPS) is 15.9. The molecule has 76 valence electrons.